The lowest BCUT2D eigenvalue weighted by Crippen LogP contribution is -2.12. The second-order valence-corrected chi connectivity index (χ2v) is 3.96. The van der Waals surface area contributed by atoms with E-state index in [-0.39, 0.29) is 34.0 Å². The molecule has 0 atom stereocenters. The molecule has 1 N–H and O–H groups in total. The number of aromatic nitrogens is 1. The molecule has 0 fully saturated rings. The van der Waals surface area contributed by atoms with E-state index in [1.807, 2.05) is 42.6 Å². The number of benzene rings is 1. The molecule has 0 saturated heterocycles. The van der Waals surface area contributed by atoms with Crippen LogP contribution >= 0.6 is 45.6 Å². The van der Waals surface area contributed by atoms with Crippen molar-refractivity contribution in [1.29, 1.82) is 0 Å². The zero-order valence-electron chi connectivity index (χ0n) is 9.67. The van der Waals surface area contributed by atoms with E-state index in [1.165, 1.54) is 5.56 Å². The molecular formula is C13H15Br2ClN2. The van der Waals surface area contributed by atoms with Gasteiger partial charge in [-0.25, -0.2) is 0 Å². The van der Waals surface area contributed by atoms with Crippen molar-refractivity contribution in [2.45, 2.75) is 13.1 Å². The summed E-state index contributed by atoms with van der Waals surface area (Å²) in [6, 6.07) is 11.8. The Morgan fingerprint density at radius 2 is 1.78 bits per heavy atom. The van der Waals surface area contributed by atoms with Crippen LogP contribution in [-0.4, -0.2) is 4.98 Å². The molecule has 1 aromatic heterocycles. The third-order valence-electron chi connectivity index (χ3n) is 2.33. The maximum Gasteiger partial charge on any atom is 0.0450 e. The first-order valence-corrected chi connectivity index (χ1v) is 5.57. The highest BCUT2D eigenvalue weighted by Gasteiger charge is 1.98. The summed E-state index contributed by atoms with van der Waals surface area (Å²) in [6.07, 6.45) is 3.64. The van der Waals surface area contributed by atoms with Gasteiger partial charge in [0.25, 0.3) is 0 Å². The predicted molar refractivity (Wildman–Crippen MR) is 86.9 cm³/mol. The van der Waals surface area contributed by atoms with Crippen molar-refractivity contribution in [3.05, 3.63) is 64.9 Å². The zero-order chi connectivity index (χ0) is 11.2. The monoisotopic (exact) mass is 392 g/mol. The third kappa shape index (κ3) is 5.48. The van der Waals surface area contributed by atoms with Crippen molar-refractivity contribution in [1.82, 2.24) is 10.3 Å². The van der Waals surface area contributed by atoms with Gasteiger partial charge in [0.05, 0.1) is 0 Å². The van der Waals surface area contributed by atoms with Gasteiger partial charge in [0.2, 0.25) is 0 Å². The van der Waals surface area contributed by atoms with Crippen molar-refractivity contribution < 1.29 is 0 Å². The van der Waals surface area contributed by atoms with E-state index in [4.69, 9.17) is 11.6 Å². The number of nitrogens with zero attached hydrogens (tertiary/aromatic N) is 1. The van der Waals surface area contributed by atoms with Crippen molar-refractivity contribution >= 4 is 45.6 Å². The summed E-state index contributed by atoms with van der Waals surface area (Å²) in [7, 11) is 0. The molecule has 1 aromatic carbocycles. The van der Waals surface area contributed by atoms with Crippen LogP contribution in [0.4, 0.5) is 0 Å². The fourth-order valence-electron chi connectivity index (χ4n) is 1.49. The molecular weight excluding hydrogens is 379 g/mol. The van der Waals surface area contributed by atoms with Crippen LogP contribution in [0.1, 0.15) is 11.1 Å². The van der Waals surface area contributed by atoms with Crippen LogP contribution in [0.25, 0.3) is 0 Å². The van der Waals surface area contributed by atoms with Crippen LogP contribution in [0.15, 0.2) is 48.8 Å². The fraction of sp³-hybridized carbons (Fsp3) is 0.154. The number of rotatable bonds is 4. The van der Waals surface area contributed by atoms with Gasteiger partial charge in [-0.3, -0.25) is 4.98 Å². The molecule has 2 rings (SSSR count). The van der Waals surface area contributed by atoms with Gasteiger partial charge < -0.3 is 5.32 Å². The smallest absolute Gasteiger partial charge is 0.0450 e. The molecule has 0 unspecified atom stereocenters. The lowest BCUT2D eigenvalue weighted by Gasteiger charge is -2.06. The summed E-state index contributed by atoms with van der Waals surface area (Å²) < 4.78 is 0. The van der Waals surface area contributed by atoms with E-state index in [1.54, 1.807) is 6.20 Å². The molecule has 0 spiro atoms. The van der Waals surface area contributed by atoms with Gasteiger partial charge in [0, 0.05) is 30.5 Å². The summed E-state index contributed by atoms with van der Waals surface area (Å²) in [5.74, 6) is 0. The number of hydrogen-bond acceptors (Lipinski definition) is 2. The molecule has 0 saturated carbocycles. The zero-order valence-corrected chi connectivity index (χ0v) is 13.9. The van der Waals surface area contributed by atoms with Crippen LogP contribution in [0.2, 0.25) is 5.02 Å². The fourth-order valence-corrected chi connectivity index (χ4v) is 1.69. The molecule has 0 aliphatic carbocycles. The van der Waals surface area contributed by atoms with Crippen LogP contribution in [-0.2, 0) is 13.1 Å². The lowest BCUT2D eigenvalue weighted by molar-refractivity contribution is 0.691. The summed E-state index contributed by atoms with van der Waals surface area (Å²) in [5, 5.41) is 4.14. The molecule has 2 aromatic rings. The summed E-state index contributed by atoms with van der Waals surface area (Å²) in [5.41, 5.74) is 2.29. The highest BCUT2D eigenvalue weighted by molar-refractivity contribution is 8.93. The summed E-state index contributed by atoms with van der Waals surface area (Å²) in [6.45, 7) is 1.58. The number of nitrogens with one attached hydrogen (secondary N) is 1. The van der Waals surface area contributed by atoms with Crippen molar-refractivity contribution in [2.24, 2.45) is 0 Å². The second kappa shape index (κ2) is 9.50. The topological polar surface area (TPSA) is 24.9 Å². The van der Waals surface area contributed by atoms with Crippen LogP contribution in [0.5, 0.6) is 0 Å². The molecule has 0 aliphatic rings. The van der Waals surface area contributed by atoms with E-state index in [0.717, 1.165) is 23.7 Å². The Bertz CT molecular complexity index is 452. The quantitative estimate of drug-likeness (QED) is 0.842. The standard InChI is InChI=1S/C13H13ClN2.2BrH/c14-13-6-2-1-5-12(13)10-16-9-11-4-3-7-15-8-11;;/h1-8,16H,9-10H2;2*1H. The van der Waals surface area contributed by atoms with E-state index < -0.39 is 0 Å². The molecule has 0 aliphatic heterocycles. The third-order valence-corrected chi connectivity index (χ3v) is 2.69. The minimum Gasteiger partial charge on any atom is -0.309 e. The van der Waals surface area contributed by atoms with Crippen molar-refractivity contribution in [2.75, 3.05) is 0 Å². The van der Waals surface area contributed by atoms with Crippen molar-refractivity contribution in [3.8, 4) is 0 Å². The highest BCUT2D eigenvalue weighted by atomic mass is 79.9. The predicted octanol–water partition coefficient (Wildman–Crippen LogP) is 4.18. The minimum absolute atomic E-state index is 0. The Kier molecular flexibility index (Phi) is 9.28. The molecule has 0 amide bonds. The first kappa shape index (κ1) is 17.6. The molecule has 18 heavy (non-hydrogen) atoms. The lowest BCUT2D eigenvalue weighted by atomic mass is 10.2. The normalized spacial score (nSPS) is 9.17. The first-order valence-electron chi connectivity index (χ1n) is 5.19. The number of halogens is 3. The van der Waals surface area contributed by atoms with Gasteiger partial charge in [-0.05, 0) is 23.3 Å². The molecule has 5 heteroatoms. The number of hydrogen-bond donors (Lipinski definition) is 1. The average molecular weight is 395 g/mol. The second-order valence-electron chi connectivity index (χ2n) is 3.56. The van der Waals surface area contributed by atoms with E-state index >= 15 is 0 Å². The van der Waals surface area contributed by atoms with E-state index in [9.17, 15) is 0 Å². The first-order chi connectivity index (χ1) is 7.86. The van der Waals surface area contributed by atoms with Gasteiger partial charge in [-0.15, -0.1) is 34.0 Å². The van der Waals surface area contributed by atoms with Crippen LogP contribution in [0, 0.1) is 0 Å². The summed E-state index contributed by atoms with van der Waals surface area (Å²) in [4.78, 5) is 4.06. The van der Waals surface area contributed by atoms with Gasteiger partial charge in [-0.2, -0.15) is 0 Å². The largest absolute Gasteiger partial charge is 0.309 e. The Morgan fingerprint density at radius 3 is 2.44 bits per heavy atom. The minimum atomic E-state index is 0. The molecule has 98 valence electrons. The van der Waals surface area contributed by atoms with Crippen molar-refractivity contribution in [3.63, 3.8) is 0 Å². The van der Waals surface area contributed by atoms with Gasteiger partial charge in [0.1, 0.15) is 0 Å². The molecule has 2 nitrogen and oxygen atoms in total. The van der Waals surface area contributed by atoms with Gasteiger partial charge >= 0.3 is 0 Å². The Balaban J connectivity index is 0.00000144. The maximum absolute atomic E-state index is 6.05. The van der Waals surface area contributed by atoms with Gasteiger partial charge in [0.15, 0.2) is 0 Å². The Hall–Kier alpha value is -0.420. The Morgan fingerprint density at radius 1 is 1.00 bits per heavy atom. The van der Waals surface area contributed by atoms with Crippen LogP contribution < -0.4 is 5.32 Å². The molecule has 1 heterocycles. The SMILES string of the molecule is Br.Br.Clc1ccccc1CNCc1cccnc1. The van der Waals surface area contributed by atoms with Crippen LogP contribution in [0.3, 0.4) is 0 Å². The number of pyridine rings is 1. The van der Waals surface area contributed by atoms with E-state index in [2.05, 4.69) is 10.3 Å². The maximum atomic E-state index is 6.05. The summed E-state index contributed by atoms with van der Waals surface area (Å²) >= 11 is 6.05. The Labute approximate surface area is 133 Å². The highest BCUT2D eigenvalue weighted by Crippen LogP contribution is 2.14. The van der Waals surface area contributed by atoms with Gasteiger partial charge in [-0.1, -0.05) is 35.9 Å². The average Bonchev–Trinajstić information content (AvgIpc) is 2.33. The molecule has 0 radical (unpaired) electrons. The van der Waals surface area contributed by atoms with E-state index in [0.29, 0.717) is 0 Å². The molecule has 0 bridgehead atoms.